The van der Waals surface area contributed by atoms with Crippen molar-refractivity contribution in [1.29, 1.82) is 0 Å². The van der Waals surface area contributed by atoms with Crippen molar-refractivity contribution < 1.29 is 0 Å². The predicted molar refractivity (Wildman–Crippen MR) is 87.0 cm³/mol. The van der Waals surface area contributed by atoms with Gasteiger partial charge in [0.25, 0.3) is 0 Å². The lowest BCUT2D eigenvalue weighted by atomic mass is 9.91. The van der Waals surface area contributed by atoms with Crippen LogP contribution < -0.4 is 5.32 Å². The third-order valence-corrected chi connectivity index (χ3v) is 6.13. The lowest BCUT2D eigenvalue weighted by Crippen LogP contribution is -2.46. The molecule has 1 N–H and O–H groups in total. The Labute approximate surface area is 124 Å². The Bertz CT molecular complexity index is 239. The number of piperidine rings is 1. The molecule has 2 aliphatic heterocycles. The lowest BCUT2D eigenvalue weighted by molar-refractivity contribution is 0.151. The van der Waals surface area contributed by atoms with Crippen LogP contribution in [0.25, 0.3) is 0 Å². The van der Waals surface area contributed by atoms with E-state index in [4.69, 9.17) is 0 Å². The average Bonchev–Trinajstić information content (AvgIpc) is 2.46. The van der Waals surface area contributed by atoms with E-state index in [0.717, 1.165) is 11.2 Å². The van der Waals surface area contributed by atoms with E-state index in [9.17, 15) is 0 Å². The molecule has 3 unspecified atom stereocenters. The van der Waals surface area contributed by atoms with Crippen molar-refractivity contribution in [3.8, 4) is 0 Å². The van der Waals surface area contributed by atoms with E-state index in [1.165, 1.54) is 70.5 Å². The highest BCUT2D eigenvalue weighted by Gasteiger charge is 2.24. The van der Waals surface area contributed by atoms with Crippen LogP contribution >= 0.6 is 11.8 Å². The molecule has 2 heterocycles. The van der Waals surface area contributed by atoms with Crippen LogP contribution in [-0.2, 0) is 0 Å². The molecule has 112 valence electrons. The topological polar surface area (TPSA) is 15.3 Å². The average molecular weight is 285 g/mol. The molecule has 0 amide bonds. The Morgan fingerprint density at radius 1 is 1.26 bits per heavy atom. The molecule has 0 aromatic rings. The number of nitrogens with one attached hydrogen (secondary N) is 1. The molecule has 0 radical (unpaired) electrons. The third kappa shape index (κ3) is 5.28. The molecule has 3 heteroatoms. The van der Waals surface area contributed by atoms with Gasteiger partial charge in [0.1, 0.15) is 0 Å². The Morgan fingerprint density at radius 3 is 2.89 bits per heavy atom. The fourth-order valence-corrected chi connectivity index (χ4v) is 4.72. The second-order valence-corrected chi connectivity index (χ2v) is 7.80. The molecule has 0 saturated carbocycles. The van der Waals surface area contributed by atoms with Crippen LogP contribution in [0.5, 0.6) is 0 Å². The third-order valence-electron chi connectivity index (χ3n) is 4.73. The van der Waals surface area contributed by atoms with Crippen LogP contribution in [0.1, 0.15) is 52.4 Å². The summed E-state index contributed by atoms with van der Waals surface area (Å²) in [4.78, 5) is 2.67. The van der Waals surface area contributed by atoms with Gasteiger partial charge in [-0.3, -0.25) is 0 Å². The molecule has 0 spiro atoms. The Morgan fingerprint density at radius 2 is 2.16 bits per heavy atom. The Kier molecular flexibility index (Phi) is 7.03. The number of rotatable bonds is 6. The Hall–Kier alpha value is 0.270. The van der Waals surface area contributed by atoms with E-state index in [1.807, 2.05) is 0 Å². The maximum absolute atomic E-state index is 3.84. The van der Waals surface area contributed by atoms with Gasteiger partial charge in [0.15, 0.2) is 0 Å². The standard InChI is InChI=1S/C16H32N2S/c1-3-9-18-10-6-7-15(13-18)14(2)17-12-16-8-4-5-11-19-16/h14-17H,3-13H2,1-2H3. The monoisotopic (exact) mass is 284 g/mol. The van der Waals surface area contributed by atoms with Gasteiger partial charge in [-0.25, -0.2) is 0 Å². The van der Waals surface area contributed by atoms with Crippen molar-refractivity contribution in [2.45, 2.75) is 63.7 Å². The smallest absolute Gasteiger partial charge is 0.0172 e. The number of nitrogens with zero attached hydrogens (tertiary/aromatic N) is 1. The molecule has 2 aliphatic rings. The second-order valence-electron chi connectivity index (χ2n) is 6.39. The van der Waals surface area contributed by atoms with Gasteiger partial charge in [-0.15, -0.1) is 0 Å². The Balaban J connectivity index is 1.67. The van der Waals surface area contributed by atoms with Crippen LogP contribution in [0, 0.1) is 5.92 Å². The van der Waals surface area contributed by atoms with E-state index in [0.29, 0.717) is 6.04 Å². The van der Waals surface area contributed by atoms with E-state index in [-0.39, 0.29) is 0 Å². The van der Waals surface area contributed by atoms with Crippen molar-refractivity contribution in [3.63, 3.8) is 0 Å². The van der Waals surface area contributed by atoms with Gasteiger partial charge in [-0.1, -0.05) is 13.3 Å². The minimum absolute atomic E-state index is 0.696. The molecule has 0 aliphatic carbocycles. The summed E-state index contributed by atoms with van der Waals surface area (Å²) in [6.07, 6.45) is 8.43. The zero-order valence-electron chi connectivity index (χ0n) is 12.9. The molecule has 2 saturated heterocycles. The minimum Gasteiger partial charge on any atom is -0.313 e. The highest BCUT2D eigenvalue weighted by Crippen LogP contribution is 2.25. The first-order valence-electron chi connectivity index (χ1n) is 8.37. The normalized spacial score (nSPS) is 31.3. The first kappa shape index (κ1) is 15.7. The summed E-state index contributed by atoms with van der Waals surface area (Å²) in [5, 5.41) is 4.72. The number of hydrogen-bond acceptors (Lipinski definition) is 3. The van der Waals surface area contributed by atoms with Gasteiger partial charge in [-0.2, -0.15) is 11.8 Å². The minimum atomic E-state index is 0.696. The van der Waals surface area contributed by atoms with E-state index in [1.54, 1.807) is 0 Å². The summed E-state index contributed by atoms with van der Waals surface area (Å²) in [5.41, 5.74) is 0. The summed E-state index contributed by atoms with van der Waals surface area (Å²) < 4.78 is 0. The van der Waals surface area contributed by atoms with Crippen LogP contribution in [0.4, 0.5) is 0 Å². The highest BCUT2D eigenvalue weighted by molar-refractivity contribution is 7.99. The van der Waals surface area contributed by atoms with Gasteiger partial charge >= 0.3 is 0 Å². The van der Waals surface area contributed by atoms with Gasteiger partial charge in [0.2, 0.25) is 0 Å². The molecular formula is C16H32N2S. The van der Waals surface area contributed by atoms with Crippen LogP contribution in [0.15, 0.2) is 0 Å². The number of hydrogen-bond donors (Lipinski definition) is 1. The van der Waals surface area contributed by atoms with E-state index in [2.05, 4.69) is 35.8 Å². The fraction of sp³-hybridized carbons (Fsp3) is 1.00. The molecule has 0 aromatic carbocycles. The molecule has 19 heavy (non-hydrogen) atoms. The van der Waals surface area contributed by atoms with Gasteiger partial charge in [0, 0.05) is 24.4 Å². The van der Waals surface area contributed by atoms with Gasteiger partial charge in [-0.05, 0) is 63.8 Å². The van der Waals surface area contributed by atoms with E-state index < -0.39 is 0 Å². The van der Waals surface area contributed by atoms with Crippen molar-refractivity contribution in [2.75, 3.05) is 31.9 Å². The van der Waals surface area contributed by atoms with Crippen LogP contribution in [0.3, 0.4) is 0 Å². The first-order valence-corrected chi connectivity index (χ1v) is 9.41. The summed E-state index contributed by atoms with van der Waals surface area (Å²) in [7, 11) is 0. The summed E-state index contributed by atoms with van der Waals surface area (Å²) in [5.74, 6) is 2.25. The molecule has 3 atom stereocenters. The number of likely N-dealkylation sites (tertiary alicyclic amines) is 1. The second kappa shape index (κ2) is 8.53. The van der Waals surface area contributed by atoms with Gasteiger partial charge in [0.05, 0.1) is 0 Å². The highest BCUT2D eigenvalue weighted by atomic mass is 32.2. The summed E-state index contributed by atoms with van der Waals surface area (Å²) in [6.45, 7) is 9.88. The molecule has 2 rings (SSSR count). The van der Waals surface area contributed by atoms with Crippen LogP contribution in [-0.4, -0.2) is 48.1 Å². The fourth-order valence-electron chi connectivity index (χ4n) is 3.47. The van der Waals surface area contributed by atoms with E-state index >= 15 is 0 Å². The molecule has 0 aromatic heterocycles. The molecule has 2 nitrogen and oxygen atoms in total. The quantitative estimate of drug-likeness (QED) is 0.805. The summed E-state index contributed by atoms with van der Waals surface area (Å²) in [6, 6.07) is 0.696. The molecular weight excluding hydrogens is 252 g/mol. The maximum atomic E-state index is 3.84. The van der Waals surface area contributed by atoms with Crippen molar-refractivity contribution >= 4 is 11.8 Å². The molecule has 0 bridgehead atoms. The van der Waals surface area contributed by atoms with Crippen molar-refractivity contribution in [2.24, 2.45) is 5.92 Å². The van der Waals surface area contributed by atoms with Crippen LogP contribution in [0.2, 0.25) is 0 Å². The largest absolute Gasteiger partial charge is 0.313 e. The lowest BCUT2D eigenvalue weighted by Gasteiger charge is -2.36. The van der Waals surface area contributed by atoms with Crippen molar-refractivity contribution in [1.82, 2.24) is 10.2 Å². The predicted octanol–water partition coefficient (Wildman–Crippen LogP) is 3.37. The SMILES string of the molecule is CCCN1CCCC(C(C)NCC2CCCCS2)C1. The maximum Gasteiger partial charge on any atom is 0.0172 e. The zero-order chi connectivity index (χ0) is 13.5. The first-order chi connectivity index (χ1) is 9.29. The molecule has 2 fully saturated rings. The zero-order valence-corrected chi connectivity index (χ0v) is 13.7. The van der Waals surface area contributed by atoms with Crippen molar-refractivity contribution in [3.05, 3.63) is 0 Å². The number of thioether (sulfide) groups is 1. The summed E-state index contributed by atoms with van der Waals surface area (Å²) >= 11 is 2.19. The van der Waals surface area contributed by atoms with Gasteiger partial charge < -0.3 is 10.2 Å².